The first-order valence-corrected chi connectivity index (χ1v) is 5.80. The zero-order chi connectivity index (χ0) is 11.7. The first-order valence-electron chi connectivity index (χ1n) is 5.80. The largest absolute Gasteiger partial charge is 0.326 e. The molecule has 16 heavy (non-hydrogen) atoms. The minimum Gasteiger partial charge on any atom is -0.326 e. The van der Waals surface area contributed by atoms with Gasteiger partial charge in [0.1, 0.15) is 0 Å². The van der Waals surface area contributed by atoms with Crippen molar-refractivity contribution in [2.45, 2.75) is 39.4 Å². The van der Waals surface area contributed by atoms with Crippen LogP contribution < -0.4 is 11.3 Å². The van der Waals surface area contributed by atoms with Crippen LogP contribution in [0.1, 0.15) is 30.7 Å². The standard InChI is InChI=1S/C12H19N3O/c1-8(2)15-4-3-11-10(7-15)5-9(6-13)12(16)14-11/h5,8H,3-4,6-7,13H2,1-2H3,(H,14,16). The summed E-state index contributed by atoms with van der Waals surface area (Å²) in [5.41, 5.74) is 8.51. The molecule has 0 bridgehead atoms. The van der Waals surface area contributed by atoms with Gasteiger partial charge in [0, 0.05) is 43.4 Å². The van der Waals surface area contributed by atoms with E-state index in [1.165, 1.54) is 5.56 Å². The van der Waals surface area contributed by atoms with Gasteiger partial charge < -0.3 is 10.7 Å². The molecule has 0 aliphatic carbocycles. The molecule has 0 aromatic carbocycles. The highest BCUT2D eigenvalue weighted by molar-refractivity contribution is 5.27. The predicted octanol–water partition coefficient (Wildman–Crippen LogP) is 0.600. The van der Waals surface area contributed by atoms with Gasteiger partial charge in [0.05, 0.1) is 0 Å². The number of hydrogen-bond acceptors (Lipinski definition) is 3. The Morgan fingerprint density at radius 2 is 2.31 bits per heavy atom. The van der Waals surface area contributed by atoms with Crippen LogP contribution in [0.15, 0.2) is 10.9 Å². The summed E-state index contributed by atoms with van der Waals surface area (Å²) in [7, 11) is 0. The SMILES string of the molecule is CC(C)N1CCc2[nH]c(=O)c(CN)cc2C1. The van der Waals surface area contributed by atoms with E-state index in [1.54, 1.807) is 0 Å². The lowest BCUT2D eigenvalue weighted by molar-refractivity contribution is 0.201. The van der Waals surface area contributed by atoms with E-state index in [0.717, 1.165) is 25.2 Å². The lowest BCUT2D eigenvalue weighted by atomic mass is 10.0. The van der Waals surface area contributed by atoms with E-state index in [0.29, 0.717) is 18.2 Å². The van der Waals surface area contributed by atoms with Crippen LogP contribution in [0.25, 0.3) is 0 Å². The Bertz CT molecular complexity index is 436. The summed E-state index contributed by atoms with van der Waals surface area (Å²) in [4.78, 5) is 16.9. The van der Waals surface area contributed by atoms with Crippen LogP contribution in [-0.4, -0.2) is 22.5 Å². The summed E-state index contributed by atoms with van der Waals surface area (Å²) in [5, 5.41) is 0. The highest BCUT2D eigenvalue weighted by Crippen LogP contribution is 2.18. The third kappa shape index (κ3) is 2.03. The maximum Gasteiger partial charge on any atom is 0.252 e. The Morgan fingerprint density at radius 3 is 2.94 bits per heavy atom. The van der Waals surface area contributed by atoms with E-state index in [9.17, 15) is 4.79 Å². The molecule has 88 valence electrons. The molecule has 4 heteroatoms. The second-order valence-corrected chi connectivity index (χ2v) is 4.65. The highest BCUT2D eigenvalue weighted by Gasteiger charge is 2.19. The van der Waals surface area contributed by atoms with E-state index in [2.05, 4.69) is 23.7 Å². The van der Waals surface area contributed by atoms with Crippen LogP contribution in [0, 0.1) is 0 Å². The van der Waals surface area contributed by atoms with Gasteiger partial charge in [-0.25, -0.2) is 0 Å². The number of hydrogen-bond donors (Lipinski definition) is 2. The van der Waals surface area contributed by atoms with Gasteiger partial charge in [-0.3, -0.25) is 9.69 Å². The second-order valence-electron chi connectivity index (χ2n) is 4.65. The first-order chi connectivity index (χ1) is 7.61. The third-order valence-corrected chi connectivity index (χ3v) is 3.26. The molecular weight excluding hydrogens is 202 g/mol. The van der Waals surface area contributed by atoms with Gasteiger partial charge in [0.2, 0.25) is 0 Å². The molecule has 1 aliphatic rings. The summed E-state index contributed by atoms with van der Waals surface area (Å²) < 4.78 is 0. The fourth-order valence-corrected chi connectivity index (χ4v) is 2.17. The van der Waals surface area contributed by atoms with Crippen molar-refractivity contribution in [3.63, 3.8) is 0 Å². The Kier molecular flexibility index (Phi) is 3.12. The normalized spacial score (nSPS) is 16.5. The molecule has 1 aromatic heterocycles. The smallest absolute Gasteiger partial charge is 0.252 e. The number of fused-ring (bicyclic) bond motifs is 1. The van der Waals surface area contributed by atoms with Crippen LogP contribution in [0.3, 0.4) is 0 Å². The summed E-state index contributed by atoms with van der Waals surface area (Å²) in [6.07, 6.45) is 0.924. The molecule has 3 N–H and O–H groups in total. The van der Waals surface area contributed by atoms with Gasteiger partial charge in [0.25, 0.3) is 5.56 Å². The molecule has 0 radical (unpaired) electrons. The number of H-pyrrole nitrogens is 1. The lowest BCUT2D eigenvalue weighted by Crippen LogP contribution is -2.37. The first kappa shape index (κ1) is 11.4. The van der Waals surface area contributed by atoms with Crippen molar-refractivity contribution in [3.8, 4) is 0 Å². The van der Waals surface area contributed by atoms with E-state index >= 15 is 0 Å². The Balaban J connectivity index is 2.34. The zero-order valence-corrected chi connectivity index (χ0v) is 9.92. The van der Waals surface area contributed by atoms with Crippen LogP contribution in [-0.2, 0) is 19.5 Å². The van der Waals surface area contributed by atoms with Crippen molar-refractivity contribution >= 4 is 0 Å². The molecular formula is C12H19N3O. The van der Waals surface area contributed by atoms with Crippen LogP contribution >= 0.6 is 0 Å². The minimum absolute atomic E-state index is 0.0285. The molecule has 1 aliphatic heterocycles. The molecule has 0 amide bonds. The number of nitrogens with one attached hydrogen (secondary N) is 1. The van der Waals surface area contributed by atoms with Crippen LogP contribution in [0.4, 0.5) is 0 Å². The monoisotopic (exact) mass is 221 g/mol. The van der Waals surface area contributed by atoms with Crippen molar-refractivity contribution in [3.05, 3.63) is 33.2 Å². The summed E-state index contributed by atoms with van der Waals surface area (Å²) in [6.45, 7) is 6.63. The minimum atomic E-state index is -0.0285. The predicted molar refractivity (Wildman–Crippen MR) is 64.2 cm³/mol. The number of rotatable bonds is 2. The molecule has 0 unspecified atom stereocenters. The molecule has 0 atom stereocenters. The maximum absolute atomic E-state index is 11.6. The average molecular weight is 221 g/mol. The lowest BCUT2D eigenvalue weighted by Gasteiger charge is -2.31. The number of aromatic amines is 1. The summed E-state index contributed by atoms with van der Waals surface area (Å²) in [5.74, 6) is 0. The van der Waals surface area contributed by atoms with E-state index < -0.39 is 0 Å². The average Bonchev–Trinajstić information content (AvgIpc) is 2.27. The van der Waals surface area contributed by atoms with Crippen molar-refractivity contribution in [2.75, 3.05) is 6.54 Å². The second kappa shape index (κ2) is 4.39. The molecule has 2 heterocycles. The Morgan fingerprint density at radius 1 is 1.56 bits per heavy atom. The Labute approximate surface area is 95.5 Å². The van der Waals surface area contributed by atoms with Gasteiger partial charge in [-0.2, -0.15) is 0 Å². The van der Waals surface area contributed by atoms with Crippen molar-refractivity contribution in [1.82, 2.24) is 9.88 Å². The van der Waals surface area contributed by atoms with Gasteiger partial charge in [-0.1, -0.05) is 0 Å². The molecule has 1 aromatic rings. The van der Waals surface area contributed by atoms with E-state index in [1.807, 2.05) is 6.07 Å². The number of nitrogens with zero attached hydrogens (tertiary/aromatic N) is 1. The molecule has 0 saturated heterocycles. The molecule has 0 saturated carbocycles. The maximum atomic E-state index is 11.6. The number of nitrogens with two attached hydrogens (primary N) is 1. The zero-order valence-electron chi connectivity index (χ0n) is 9.92. The van der Waals surface area contributed by atoms with E-state index in [-0.39, 0.29) is 5.56 Å². The summed E-state index contributed by atoms with van der Waals surface area (Å²) in [6, 6.07) is 2.50. The van der Waals surface area contributed by atoms with E-state index in [4.69, 9.17) is 5.73 Å². The highest BCUT2D eigenvalue weighted by atomic mass is 16.1. The number of aromatic nitrogens is 1. The van der Waals surface area contributed by atoms with Crippen molar-refractivity contribution in [2.24, 2.45) is 5.73 Å². The number of pyridine rings is 1. The van der Waals surface area contributed by atoms with Crippen LogP contribution in [0.5, 0.6) is 0 Å². The van der Waals surface area contributed by atoms with Gasteiger partial charge in [-0.15, -0.1) is 0 Å². The fraction of sp³-hybridized carbons (Fsp3) is 0.583. The fourth-order valence-electron chi connectivity index (χ4n) is 2.17. The summed E-state index contributed by atoms with van der Waals surface area (Å²) >= 11 is 0. The van der Waals surface area contributed by atoms with Crippen molar-refractivity contribution in [1.29, 1.82) is 0 Å². The topological polar surface area (TPSA) is 62.1 Å². The molecule has 0 fully saturated rings. The third-order valence-electron chi connectivity index (χ3n) is 3.26. The molecule has 0 spiro atoms. The Hall–Kier alpha value is -1.13. The van der Waals surface area contributed by atoms with Crippen LogP contribution in [0.2, 0.25) is 0 Å². The molecule has 2 rings (SSSR count). The van der Waals surface area contributed by atoms with Gasteiger partial charge in [0.15, 0.2) is 0 Å². The van der Waals surface area contributed by atoms with Gasteiger partial charge >= 0.3 is 0 Å². The quantitative estimate of drug-likeness (QED) is 0.768. The van der Waals surface area contributed by atoms with Gasteiger partial charge in [-0.05, 0) is 25.5 Å². The van der Waals surface area contributed by atoms with Crippen molar-refractivity contribution < 1.29 is 0 Å². The molecule has 4 nitrogen and oxygen atoms in total.